The van der Waals surface area contributed by atoms with Crippen LogP contribution in [0.4, 0.5) is 0 Å². The van der Waals surface area contributed by atoms with Gasteiger partial charge in [0.25, 0.3) is 0 Å². The minimum absolute atomic E-state index is 0.145. The Labute approximate surface area is 206 Å². The predicted molar refractivity (Wildman–Crippen MR) is 108 cm³/mol. The number of rotatable bonds is 9. The van der Waals surface area contributed by atoms with Gasteiger partial charge in [-0.1, -0.05) is 25.7 Å². The van der Waals surface area contributed by atoms with Gasteiger partial charge < -0.3 is 35.0 Å². The number of ether oxygens (including phenoxy) is 2. The van der Waals surface area contributed by atoms with Crippen molar-refractivity contribution in [3.05, 3.63) is 0 Å². The van der Waals surface area contributed by atoms with Crippen molar-refractivity contribution in [2.45, 2.75) is 51.4 Å². The first-order chi connectivity index (χ1) is 17.2. The first-order valence-electron chi connectivity index (χ1n) is 10.7. The van der Waals surface area contributed by atoms with E-state index in [-0.39, 0.29) is 25.7 Å². The van der Waals surface area contributed by atoms with E-state index < -0.39 is 102 Å². The van der Waals surface area contributed by atoms with Crippen LogP contribution >= 0.6 is 0 Å². The molecule has 0 aromatic heterocycles. The average Bonchev–Trinajstić information content (AvgIpc) is 2.82. The molecule has 3 unspecified atom stereocenters. The molecule has 3 atom stereocenters. The molecular weight excluding hydrogens is 508 g/mol. The SMILES string of the molecule is O=COC(=O)C1(C(=O)O)CCCCC1(C(=O)O)C(=O)OC(=O)C1(C(=O)O)CCCCC1(C(=O)O)C(=O)O. The van der Waals surface area contributed by atoms with Crippen molar-refractivity contribution in [2.75, 3.05) is 0 Å². The highest BCUT2D eigenvalue weighted by molar-refractivity contribution is 6.19. The van der Waals surface area contributed by atoms with Gasteiger partial charge in [0.2, 0.25) is 0 Å². The largest absolute Gasteiger partial charge is 0.480 e. The maximum Gasteiger partial charge on any atom is 0.332 e. The molecule has 0 heterocycles. The van der Waals surface area contributed by atoms with E-state index in [0.717, 1.165) is 0 Å². The van der Waals surface area contributed by atoms with Gasteiger partial charge in [0, 0.05) is 0 Å². The summed E-state index contributed by atoms with van der Waals surface area (Å²) >= 11 is 0. The number of aliphatic carboxylic acids is 5. The van der Waals surface area contributed by atoms with Gasteiger partial charge in [0.05, 0.1) is 0 Å². The molecule has 2 saturated carbocycles. The van der Waals surface area contributed by atoms with Crippen LogP contribution in [0.15, 0.2) is 0 Å². The Balaban J connectivity index is 2.76. The van der Waals surface area contributed by atoms with Gasteiger partial charge in [0.1, 0.15) is 0 Å². The number of carboxylic acids is 5. The van der Waals surface area contributed by atoms with Crippen LogP contribution in [0.3, 0.4) is 0 Å². The van der Waals surface area contributed by atoms with Crippen molar-refractivity contribution in [1.82, 2.24) is 0 Å². The summed E-state index contributed by atoms with van der Waals surface area (Å²) in [6, 6.07) is 0. The van der Waals surface area contributed by atoms with Gasteiger partial charge in [-0.15, -0.1) is 0 Å². The number of hydrogen-bond acceptors (Lipinski definition) is 11. The molecule has 0 saturated heterocycles. The zero-order valence-corrected chi connectivity index (χ0v) is 19.0. The summed E-state index contributed by atoms with van der Waals surface area (Å²) in [5.74, 6) is -17.8. The van der Waals surface area contributed by atoms with Crippen molar-refractivity contribution in [3.63, 3.8) is 0 Å². The number of carbonyl (C=O) groups excluding carboxylic acids is 4. The monoisotopic (exact) mass is 530 g/mol. The molecule has 37 heavy (non-hydrogen) atoms. The van der Waals surface area contributed by atoms with Crippen molar-refractivity contribution in [1.29, 1.82) is 0 Å². The van der Waals surface area contributed by atoms with Crippen molar-refractivity contribution in [3.8, 4) is 0 Å². The quantitative estimate of drug-likeness (QED) is 0.140. The lowest BCUT2D eigenvalue weighted by atomic mass is 9.54. The van der Waals surface area contributed by atoms with E-state index in [4.69, 9.17) is 0 Å². The summed E-state index contributed by atoms with van der Waals surface area (Å²) in [4.78, 5) is 111. The molecule has 16 heteroatoms. The Morgan fingerprint density at radius 1 is 0.486 bits per heavy atom. The van der Waals surface area contributed by atoms with Crippen LogP contribution in [-0.2, 0) is 52.6 Å². The second-order valence-corrected chi connectivity index (χ2v) is 8.74. The molecular formula is C21H22O16. The summed E-state index contributed by atoms with van der Waals surface area (Å²) in [5.41, 5.74) is -13.5. The Morgan fingerprint density at radius 2 is 0.757 bits per heavy atom. The summed E-state index contributed by atoms with van der Waals surface area (Å²) in [5, 5.41) is 49.1. The fourth-order valence-corrected chi connectivity index (χ4v) is 5.45. The maximum atomic E-state index is 13.3. The smallest absolute Gasteiger partial charge is 0.332 e. The second kappa shape index (κ2) is 9.94. The van der Waals surface area contributed by atoms with E-state index in [1.807, 2.05) is 0 Å². The third-order valence-corrected chi connectivity index (χ3v) is 7.38. The highest BCUT2D eigenvalue weighted by Crippen LogP contribution is 2.56. The summed E-state index contributed by atoms with van der Waals surface area (Å²) in [6.45, 7) is -0.514. The van der Waals surface area contributed by atoms with Gasteiger partial charge in [0.15, 0.2) is 21.7 Å². The number of carboxylic acid groups (broad SMARTS) is 5. The average molecular weight is 530 g/mol. The standard InChI is InChI=1S/C21H22O16/c22-9-36-15(33)19(12(27)28)6-3-4-8-21(19,14(31)32)17(35)37-16(34)20(13(29)30)7-2-1-5-18(20,10(23)24)11(25)26/h9H,1-8H2,(H,23,24)(H,25,26)(H,27,28)(H,29,30)(H,31,32). The van der Waals surface area contributed by atoms with E-state index in [0.29, 0.717) is 0 Å². The topological polar surface area (TPSA) is 273 Å². The molecule has 0 aliphatic heterocycles. The van der Waals surface area contributed by atoms with E-state index in [1.165, 1.54) is 0 Å². The lowest BCUT2D eigenvalue weighted by molar-refractivity contribution is -0.213. The van der Waals surface area contributed by atoms with Crippen LogP contribution in [0.25, 0.3) is 0 Å². The molecule has 2 aliphatic rings. The van der Waals surface area contributed by atoms with Crippen LogP contribution in [-0.4, -0.2) is 79.8 Å². The summed E-state index contributed by atoms with van der Waals surface area (Å²) in [7, 11) is 0. The van der Waals surface area contributed by atoms with Crippen molar-refractivity contribution in [2.24, 2.45) is 21.7 Å². The number of carbonyl (C=O) groups is 9. The van der Waals surface area contributed by atoms with Gasteiger partial charge >= 0.3 is 54.2 Å². The molecule has 0 aromatic carbocycles. The second-order valence-electron chi connectivity index (χ2n) is 8.74. The lowest BCUT2D eigenvalue weighted by Crippen LogP contribution is -2.66. The molecule has 2 aliphatic carbocycles. The molecule has 2 fully saturated rings. The van der Waals surface area contributed by atoms with Crippen LogP contribution in [0, 0.1) is 21.7 Å². The number of hydrogen-bond donors (Lipinski definition) is 5. The van der Waals surface area contributed by atoms with Gasteiger partial charge in [-0.25, -0.2) is 0 Å². The summed E-state index contributed by atoms with van der Waals surface area (Å²) in [6.07, 6.45) is -4.35. The van der Waals surface area contributed by atoms with Crippen molar-refractivity contribution < 1.29 is 78.2 Å². The summed E-state index contributed by atoms with van der Waals surface area (Å²) < 4.78 is 8.59. The first kappa shape index (κ1) is 28.9. The first-order valence-corrected chi connectivity index (χ1v) is 10.7. The minimum atomic E-state index is -3.43. The normalized spacial score (nSPS) is 28.6. The number of esters is 3. The van der Waals surface area contributed by atoms with Crippen LogP contribution in [0.2, 0.25) is 0 Å². The molecule has 202 valence electrons. The molecule has 0 bridgehead atoms. The Morgan fingerprint density at radius 3 is 1.05 bits per heavy atom. The minimum Gasteiger partial charge on any atom is -0.480 e. The fraction of sp³-hybridized carbons (Fsp3) is 0.571. The maximum absolute atomic E-state index is 13.3. The Kier molecular flexibility index (Phi) is 7.76. The Bertz CT molecular complexity index is 1080. The fourth-order valence-electron chi connectivity index (χ4n) is 5.45. The van der Waals surface area contributed by atoms with E-state index in [1.54, 1.807) is 0 Å². The molecule has 0 amide bonds. The molecule has 5 N–H and O–H groups in total. The third kappa shape index (κ3) is 3.70. The third-order valence-electron chi connectivity index (χ3n) is 7.38. The van der Waals surface area contributed by atoms with Crippen molar-refractivity contribution >= 4 is 54.2 Å². The molecule has 0 spiro atoms. The van der Waals surface area contributed by atoms with Gasteiger partial charge in [-0.2, -0.15) is 0 Å². The zero-order valence-electron chi connectivity index (χ0n) is 19.0. The molecule has 2 rings (SSSR count). The van der Waals surface area contributed by atoms with Crippen LogP contribution in [0.1, 0.15) is 51.4 Å². The molecule has 0 radical (unpaired) electrons. The predicted octanol–water partition coefficient (Wildman–Crippen LogP) is -0.728. The van der Waals surface area contributed by atoms with E-state index >= 15 is 0 Å². The van der Waals surface area contributed by atoms with E-state index in [9.17, 15) is 68.7 Å². The van der Waals surface area contributed by atoms with Gasteiger partial charge in [-0.3, -0.25) is 43.2 Å². The van der Waals surface area contributed by atoms with Crippen LogP contribution in [0.5, 0.6) is 0 Å². The van der Waals surface area contributed by atoms with Crippen LogP contribution < -0.4 is 0 Å². The molecule has 0 aromatic rings. The lowest BCUT2D eigenvalue weighted by Gasteiger charge is -2.45. The van der Waals surface area contributed by atoms with Gasteiger partial charge in [-0.05, 0) is 25.7 Å². The highest BCUT2D eigenvalue weighted by atomic mass is 16.6. The Hall–Kier alpha value is -4.37. The molecule has 16 nitrogen and oxygen atoms in total. The zero-order chi connectivity index (χ0) is 28.4. The van der Waals surface area contributed by atoms with E-state index in [2.05, 4.69) is 9.47 Å². The highest BCUT2D eigenvalue weighted by Gasteiger charge is 2.76.